The van der Waals surface area contributed by atoms with Crippen LogP contribution in [-0.2, 0) is 0 Å². The maximum Gasteiger partial charge on any atom is 0.274 e. The Morgan fingerprint density at radius 3 is 2.26 bits per heavy atom. The minimum absolute atomic E-state index is 0.269. The molecule has 1 aromatic heterocycles. The largest absolute Gasteiger partial charge is 0.398 e. The van der Waals surface area contributed by atoms with E-state index in [2.05, 4.69) is 5.10 Å². The van der Waals surface area contributed by atoms with Crippen molar-refractivity contribution in [1.82, 2.24) is 9.78 Å². The molecule has 114 valence electrons. The summed E-state index contributed by atoms with van der Waals surface area (Å²) in [6, 6.07) is 20.5. The highest BCUT2D eigenvalue weighted by atomic mass is 16.2. The first-order valence-electron chi connectivity index (χ1n) is 7.13. The van der Waals surface area contributed by atoms with Gasteiger partial charge in [0.15, 0.2) is 0 Å². The van der Waals surface area contributed by atoms with Crippen LogP contribution in [0.2, 0.25) is 0 Å². The van der Waals surface area contributed by atoms with Crippen LogP contribution in [0, 0.1) is 0 Å². The van der Waals surface area contributed by atoms with Gasteiger partial charge in [-0.05, 0) is 5.56 Å². The molecule has 0 amide bonds. The molecule has 5 heteroatoms. The van der Waals surface area contributed by atoms with E-state index in [0.717, 1.165) is 15.8 Å². The minimum Gasteiger partial charge on any atom is -0.398 e. The number of nitrogen functional groups attached to an aromatic ring is 1. The van der Waals surface area contributed by atoms with Crippen LogP contribution >= 0.6 is 0 Å². The van der Waals surface area contributed by atoms with E-state index in [9.17, 15) is 4.79 Å². The number of nitrogens with zero attached hydrogens (tertiary/aromatic N) is 2. The molecule has 0 fully saturated rings. The summed E-state index contributed by atoms with van der Waals surface area (Å²) < 4.78 is 1.15. The number of hydrogen-bond acceptors (Lipinski definition) is 4. The van der Waals surface area contributed by atoms with Gasteiger partial charge in [-0.2, -0.15) is 9.78 Å². The molecule has 2 aromatic carbocycles. The lowest BCUT2D eigenvalue weighted by Crippen LogP contribution is -2.14. The van der Waals surface area contributed by atoms with E-state index in [-0.39, 0.29) is 11.7 Å². The molecule has 5 nitrogen and oxygen atoms in total. The summed E-state index contributed by atoms with van der Waals surface area (Å²) in [6.07, 6.45) is 1.33. The van der Waals surface area contributed by atoms with Crippen molar-refractivity contribution in [2.75, 3.05) is 5.73 Å². The number of nitrogens with two attached hydrogens (primary N) is 2. The van der Waals surface area contributed by atoms with Crippen molar-refractivity contribution in [3.63, 3.8) is 0 Å². The molecule has 23 heavy (non-hydrogen) atoms. The van der Waals surface area contributed by atoms with Crippen molar-refractivity contribution < 1.29 is 4.79 Å². The lowest BCUT2D eigenvalue weighted by Gasteiger charge is -2.02. The highest BCUT2D eigenvalue weighted by Gasteiger charge is 2.12. The minimum atomic E-state index is -0.383. The fourth-order valence-electron chi connectivity index (χ4n) is 2.23. The number of carbonyl (C=O) groups excluding carboxylic acids is 1. The number of anilines is 1. The zero-order valence-electron chi connectivity index (χ0n) is 12.4. The van der Waals surface area contributed by atoms with Gasteiger partial charge >= 0.3 is 0 Å². The Hall–Kier alpha value is -3.34. The maximum atomic E-state index is 12.4. The van der Waals surface area contributed by atoms with Gasteiger partial charge in [-0.3, -0.25) is 4.79 Å². The lowest BCUT2D eigenvalue weighted by atomic mass is 10.1. The fourth-order valence-corrected chi connectivity index (χ4v) is 2.23. The molecule has 0 aliphatic heterocycles. The van der Waals surface area contributed by atoms with E-state index < -0.39 is 0 Å². The SMILES string of the molecule is N/C(=C\C(=O)n1nc(-c2ccccc2)cc1N)c1ccccc1. The van der Waals surface area contributed by atoms with E-state index in [0.29, 0.717) is 11.4 Å². The molecule has 0 unspecified atom stereocenters. The van der Waals surface area contributed by atoms with E-state index >= 15 is 0 Å². The zero-order valence-corrected chi connectivity index (χ0v) is 12.4. The van der Waals surface area contributed by atoms with Crippen molar-refractivity contribution in [2.24, 2.45) is 5.73 Å². The smallest absolute Gasteiger partial charge is 0.274 e. The topological polar surface area (TPSA) is 86.9 Å². The van der Waals surface area contributed by atoms with Gasteiger partial charge in [0.25, 0.3) is 5.91 Å². The molecular weight excluding hydrogens is 288 g/mol. The molecule has 0 saturated carbocycles. The lowest BCUT2D eigenvalue weighted by molar-refractivity contribution is 0.0958. The Kier molecular flexibility index (Phi) is 3.93. The van der Waals surface area contributed by atoms with Gasteiger partial charge < -0.3 is 11.5 Å². The summed E-state index contributed by atoms with van der Waals surface area (Å²) in [5.74, 6) is -0.114. The number of carbonyl (C=O) groups is 1. The first-order valence-corrected chi connectivity index (χ1v) is 7.13. The number of aromatic nitrogens is 2. The Bertz CT molecular complexity index is 851. The van der Waals surface area contributed by atoms with Crippen LogP contribution in [-0.4, -0.2) is 15.7 Å². The van der Waals surface area contributed by atoms with Crippen molar-refractivity contribution >= 4 is 17.4 Å². The van der Waals surface area contributed by atoms with Gasteiger partial charge in [0.1, 0.15) is 5.82 Å². The molecular formula is C18H16N4O. The third-order valence-electron chi connectivity index (χ3n) is 3.40. The molecule has 0 atom stereocenters. The monoisotopic (exact) mass is 304 g/mol. The molecule has 0 bridgehead atoms. The normalized spacial score (nSPS) is 11.4. The van der Waals surface area contributed by atoms with Gasteiger partial charge in [-0.15, -0.1) is 0 Å². The molecule has 0 spiro atoms. The predicted molar refractivity (Wildman–Crippen MR) is 91.3 cm³/mol. The van der Waals surface area contributed by atoms with E-state index in [1.54, 1.807) is 6.07 Å². The van der Waals surface area contributed by atoms with E-state index in [1.165, 1.54) is 6.08 Å². The Morgan fingerprint density at radius 2 is 1.61 bits per heavy atom. The first-order chi connectivity index (χ1) is 11.1. The molecule has 3 rings (SSSR count). The summed E-state index contributed by atoms with van der Waals surface area (Å²) in [4.78, 5) is 12.4. The summed E-state index contributed by atoms with van der Waals surface area (Å²) in [6.45, 7) is 0. The van der Waals surface area contributed by atoms with Gasteiger partial charge in [0.05, 0.1) is 5.69 Å². The van der Waals surface area contributed by atoms with Gasteiger partial charge in [-0.1, -0.05) is 60.7 Å². The quantitative estimate of drug-likeness (QED) is 0.728. The van der Waals surface area contributed by atoms with Crippen LogP contribution in [0.3, 0.4) is 0 Å². The predicted octanol–water partition coefficient (Wildman–Crippen LogP) is 2.77. The Labute approximate surface area is 133 Å². The van der Waals surface area contributed by atoms with Crippen LogP contribution < -0.4 is 11.5 Å². The third kappa shape index (κ3) is 3.13. The first kappa shape index (κ1) is 14.6. The molecule has 0 aliphatic carbocycles. The van der Waals surface area contributed by atoms with Crippen LogP contribution in [0.15, 0.2) is 72.8 Å². The number of rotatable bonds is 3. The molecule has 0 radical (unpaired) electrons. The van der Waals surface area contributed by atoms with Crippen LogP contribution in [0.5, 0.6) is 0 Å². The highest BCUT2D eigenvalue weighted by Crippen LogP contribution is 2.20. The van der Waals surface area contributed by atoms with Crippen molar-refractivity contribution in [3.8, 4) is 11.3 Å². The average Bonchev–Trinajstić information content (AvgIpc) is 2.98. The molecule has 0 aliphatic rings. The van der Waals surface area contributed by atoms with Crippen molar-refractivity contribution in [1.29, 1.82) is 0 Å². The van der Waals surface area contributed by atoms with Crippen LogP contribution in [0.25, 0.3) is 17.0 Å². The summed E-state index contributed by atoms with van der Waals surface area (Å²) in [5, 5.41) is 4.27. The van der Waals surface area contributed by atoms with E-state index in [1.807, 2.05) is 60.7 Å². The van der Waals surface area contributed by atoms with Crippen LogP contribution in [0.1, 0.15) is 10.4 Å². The molecule has 4 N–H and O–H groups in total. The second-order valence-electron chi connectivity index (χ2n) is 5.04. The number of allylic oxidation sites excluding steroid dienone is 1. The van der Waals surface area contributed by atoms with Crippen LogP contribution in [0.4, 0.5) is 5.82 Å². The fraction of sp³-hybridized carbons (Fsp3) is 0. The Morgan fingerprint density at radius 1 is 1.00 bits per heavy atom. The Balaban J connectivity index is 1.90. The maximum absolute atomic E-state index is 12.4. The highest BCUT2D eigenvalue weighted by molar-refractivity contribution is 5.97. The molecule has 3 aromatic rings. The standard InChI is InChI=1S/C18H16N4O/c19-15(13-7-3-1-4-8-13)11-18(23)22-17(20)12-16(21-22)14-9-5-2-6-10-14/h1-12H,19-20H2/b15-11-. The number of hydrogen-bond donors (Lipinski definition) is 2. The van der Waals surface area contributed by atoms with Gasteiger partial charge in [-0.25, -0.2) is 0 Å². The van der Waals surface area contributed by atoms with Crippen molar-refractivity contribution in [2.45, 2.75) is 0 Å². The number of benzene rings is 2. The molecule has 1 heterocycles. The summed E-state index contributed by atoms with van der Waals surface area (Å²) in [7, 11) is 0. The van der Waals surface area contributed by atoms with Gasteiger partial charge in [0.2, 0.25) is 0 Å². The summed E-state index contributed by atoms with van der Waals surface area (Å²) >= 11 is 0. The zero-order chi connectivity index (χ0) is 16.2. The molecule has 0 saturated heterocycles. The summed E-state index contributed by atoms with van der Waals surface area (Å²) in [5.41, 5.74) is 14.5. The third-order valence-corrected chi connectivity index (χ3v) is 3.40. The second-order valence-corrected chi connectivity index (χ2v) is 5.04. The van der Waals surface area contributed by atoms with E-state index in [4.69, 9.17) is 11.5 Å². The second kappa shape index (κ2) is 6.19. The van der Waals surface area contributed by atoms with Crippen molar-refractivity contribution in [3.05, 3.63) is 78.4 Å². The van der Waals surface area contributed by atoms with Gasteiger partial charge in [0, 0.05) is 23.4 Å². The average molecular weight is 304 g/mol.